The SMILES string of the molecule is CCOC(=O)C(F)(F)C(O)c1cc2c(Br)cccc2s1. The first-order chi connectivity index (χ1) is 9.37. The Hall–Kier alpha value is -1.05. The normalized spacial score (nSPS) is 13.4. The molecule has 20 heavy (non-hydrogen) atoms. The third kappa shape index (κ3) is 2.70. The molecule has 0 bridgehead atoms. The van der Waals surface area contributed by atoms with Gasteiger partial charge in [-0.2, -0.15) is 8.78 Å². The Morgan fingerprint density at radius 2 is 2.25 bits per heavy atom. The number of fused-ring (bicyclic) bond motifs is 1. The molecule has 2 aromatic rings. The van der Waals surface area contributed by atoms with Gasteiger partial charge in [-0.1, -0.05) is 22.0 Å². The largest absolute Gasteiger partial charge is 0.461 e. The van der Waals surface area contributed by atoms with E-state index in [0.29, 0.717) is 5.39 Å². The number of esters is 1. The predicted octanol–water partition coefficient (Wildman–Crippen LogP) is 3.90. The van der Waals surface area contributed by atoms with Crippen molar-refractivity contribution in [2.75, 3.05) is 6.61 Å². The maximum Gasteiger partial charge on any atom is 0.380 e. The van der Waals surface area contributed by atoms with Crippen LogP contribution in [0.3, 0.4) is 0 Å². The van der Waals surface area contributed by atoms with E-state index in [-0.39, 0.29) is 11.5 Å². The van der Waals surface area contributed by atoms with Crippen molar-refractivity contribution in [3.63, 3.8) is 0 Å². The minimum absolute atomic E-state index is 0.0185. The molecule has 0 radical (unpaired) electrons. The summed E-state index contributed by atoms with van der Waals surface area (Å²) in [5.41, 5.74) is 0. The quantitative estimate of drug-likeness (QED) is 0.837. The molecule has 1 aromatic heterocycles. The van der Waals surface area contributed by atoms with Gasteiger partial charge in [0.25, 0.3) is 0 Å². The van der Waals surface area contributed by atoms with Gasteiger partial charge in [-0.25, -0.2) is 4.79 Å². The number of rotatable bonds is 4. The highest BCUT2D eigenvalue weighted by molar-refractivity contribution is 9.10. The molecule has 0 spiro atoms. The Balaban J connectivity index is 2.38. The molecule has 0 saturated heterocycles. The van der Waals surface area contributed by atoms with Crippen LogP contribution in [-0.2, 0) is 9.53 Å². The first-order valence-corrected chi connectivity index (χ1v) is 7.40. The summed E-state index contributed by atoms with van der Waals surface area (Å²) in [6.45, 7) is 1.26. The van der Waals surface area contributed by atoms with Crippen LogP contribution >= 0.6 is 27.3 Å². The van der Waals surface area contributed by atoms with Crippen molar-refractivity contribution in [2.24, 2.45) is 0 Å². The van der Waals surface area contributed by atoms with Crippen molar-refractivity contribution in [1.29, 1.82) is 0 Å². The van der Waals surface area contributed by atoms with Gasteiger partial charge < -0.3 is 9.84 Å². The van der Waals surface area contributed by atoms with Crippen LogP contribution in [0.5, 0.6) is 0 Å². The molecule has 0 fully saturated rings. The number of halogens is 3. The third-order valence-electron chi connectivity index (χ3n) is 2.69. The van der Waals surface area contributed by atoms with Gasteiger partial charge in [-0.15, -0.1) is 11.3 Å². The monoisotopic (exact) mass is 364 g/mol. The van der Waals surface area contributed by atoms with E-state index in [2.05, 4.69) is 20.7 Å². The van der Waals surface area contributed by atoms with Crippen LogP contribution in [0.25, 0.3) is 10.1 Å². The van der Waals surface area contributed by atoms with Gasteiger partial charge in [0.1, 0.15) is 0 Å². The van der Waals surface area contributed by atoms with Crippen molar-refractivity contribution in [2.45, 2.75) is 19.0 Å². The summed E-state index contributed by atoms with van der Waals surface area (Å²) in [7, 11) is 0. The standard InChI is InChI=1S/C13H11BrF2O3S/c1-2-19-12(18)13(15,16)11(17)10-6-7-8(14)4-3-5-9(7)20-10/h3-6,11,17H,2H2,1H3. The lowest BCUT2D eigenvalue weighted by molar-refractivity contribution is -0.188. The fourth-order valence-corrected chi connectivity index (χ4v) is 3.43. The Kier molecular flexibility index (Phi) is 4.41. The molecule has 1 aromatic carbocycles. The molecule has 0 amide bonds. The topological polar surface area (TPSA) is 46.5 Å². The number of thiophene rings is 1. The number of hydrogen-bond acceptors (Lipinski definition) is 4. The zero-order valence-electron chi connectivity index (χ0n) is 10.4. The van der Waals surface area contributed by atoms with E-state index in [1.807, 2.05) is 0 Å². The molecule has 1 heterocycles. The molecule has 1 N–H and O–H groups in total. The van der Waals surface area contributed by atoms with Crippen molar-refractivity contribution in [3.05, 3.63) is 33.6 Å². The maximum atomic E-state index is 13.8. The van der Waals surface area contributed by atoms with Gasteiger partial charge >= 0.3 is 11.9 Å². The van der Waals surface area contributed by atoms with Crippen LogP contribution in [0.4, 0.5) is 8.78 Å². The summed E-state index contributed by atoms with van der Waals surface area (Å²) < 4.78 is 33.3. The molecule has 1 unspecified atom stereocenters. The molecule has 7 heteroatoms. The molecule has 0 aliphatic carbocycles. The first-order valence-electron chi connectivity index (χ1n) is 5.79. The average molecular weight is 365 g/mol. The summed E-state index contributed by atoms with van der Waals surface area (Å²) in [5.74, 6) is -5.69. The summed E-state index contributed by atoms with van der Waals surface area (Å²) in [4.78, 5) is 11.2. The summed E-state index contributed by atoms with van der Waals surface area (Å²) in [6, 6.07) is 6.74. The molecule has 2 rings (SSSR count). The fourth-order valence-electron chi connectivity index (χ4n) is 1.70. The van der Waals surface area contributed by atoms with Gasteiger partial charge in [0, 0.05) is 19.4 Å². The van der Waals surface area contributed by atoms with Crippen LogP contribution in [0, 0.1) is 0 Å². The lowest BCUT2D eigenvalue weighted by atomic mass is 10.1. The number of carbonyl (C=O) groups excluding carboxylic acids is 1. The molecule has 0 aliphatic heterocycles. The summed E-state index contributed by atoms with van der Waals surface area (Å²) >= 11 is 4.32. The molecular weight excluding hydrogens is 354 g/mol. The highest BCUT2D eigenvalue weighted by atomic mass is 79.9. The lowest BCUT2D eigenvalue weighted by Gasteiger charge is -2.19. The zero-order valence-corrected chi connectivity index (χ0v) is 12.8. The summed E-state index contributed by atoms with van der Waals surface area (Å²) in [5, 5.41) is 10.5. The van der Waals surface area contributed by atoms with Crippen molar-refractivity contribution < 1.29 is 23.4 Å². The van der Waals surface area contributed by atoms with Crippen LogP contribution in [-0.4, -0.2) is 23.6 Å². The van der Waals surface area contributed by atoms with Gasteiger partial charge in [0.15, 0.2) is 6.10 Å². The number of hydrogen-bond donors (Lipinski definition) is 1. The van der Waals surface area contributed by atoms with Crippen molar-refractivity contribution in [1.82, 2.24) is 0 Å². The maximum absolute atomic E-state index is 13.8. The number of aliphatic hydroxyl groups excluding tert-OH is 1. The van der Waals surface area contributed by atoms with Gasteiger partial charge in [0.05, 0.1) is 6.61 Å². The second kappa shape index (κ2) is 5.75. The highest BCUT2D eigenvalue weighted by Gasteiger charge is 2.49. The molecule has 1 atom stereocenters. The molecular formula is C13H11BrF2O3S. The minimum atomic E-state index is -3.97. The Morgan fingerprint density at radius 3 is 2.85 bits per heavy atom. The molecule has 0 saturated carbocycles. The van der Waals surface area contributed by atoms with E-state index in [4.69, 9.17) is 0 Å². The number of carbonyl (C=O) groups is 1. The Labute approximate surface area is 126 Å². The number of alkyl halides is 2. The second-order valence-corrected chi connectivity index (χ2v) is 6.02. The highest BCUT2D eigenvalue weighted by Crippen LogP contribution is 2.40. The van der Waals surface area contributed by atoms with E-state index in [9.17, 15) is 18.7 Å². The van der Waals surface area contributed by atoms with E-state index >= 15 is 0 Å². The van der Waals surface area contributed by atoms with Gasteiger partial charge in [-0.05, 0) is 25.1 Å². The van der Waals surface area contributed by atoms with Crippen LogP contribution in [0.1, 0.15) is 17.9 Å². The average Bonchev–Trinajstić information content (AvgIpc) is 2.83. The van der Waals surface area contributed by atoms with Gasteiger partial charge in [-0.3, -0.25) is 0 Å². The number of ether oxygens (including phenoxy) is 1. The summed E-state index contributed by atoms with van der Waals surface area (Å²) in [6.07, 6.45) is -2.22. The molecule has 108 valence electrons. The zero-order chi connectivity index (χ0) is 14.9. The smallest absolute Gasteiger partial charge is 0.380 e. The van der Waals surface area contributed by atoms with Gasteiger partial charge in [0.2, 0.25) is 0 Å². The number of benzene rings is 1. The predicted molar refractivity (Wildman–Crippen MR) is 76.1 cm³/mol. The van der Waals surface area contributed by atoms with Crippen LogP contribution < -0.4 is 0 Å². The van der Waals surface area contributed by atoms with E-state index in [1.54, 1.807) is 18.2 Å². The van der Waals surface area contributed by atoms with E-state index < -0.39 is 18.0 Å². The third-order valence-corrected chi connectivity index (χ3v) is 4.53. The Bertz CT molecular complexity index is 642. The molecule has 0 aliphatic rings. The van der Waals surface area contributed by atoms with E-state index in [1.165, 1.54) is 13.0 Å². The van der Waals surface area contributed by atoms with Crippen LogP contribution in [0.15, 0.2) is 28.7 Å². The lowest BCUT2D eigenvalue weighted by Crippen LogP contribution is -2.37. The Morgan fingerprint density at radius 1 is 1.55 bits per heavy atom. The second-order valence-electron chi connectivity index (χ2n) is 4.05. The van der Waals surface area contributed by atoms with Crippen molar-refractivity contribution >= 4 is 43.3 Å². The first kappa shape index (κ1) is 15.3. The van der Waals surface area contributed by atoms with E-state index in [0.717, 1.165) is 20.5 Å². The number of aliphatic hydroxyl groups is 1. The van der Waals surface area contributed by atoms with Crippen molar-refractivity contribution in [3.8, 4) is 0 Å². The van der Waals surface area contributed by atoms with Crippen LogP contribution in [0.2, 0.25) is 0 Å². The molecule has 3 nitrogen and oxygen atoms in total. The fraction of sp³-hybridized carbons (Fsp3) is 0.308. The minimum Gasteiger partial charge on any atom is -0.461 e.